The molecule has 0 aliphatic carbocycles. The van der Waals surface area contributed by atoms with Crippen LogP contribution in [0.2, 0.25) is 0 Å². The van der Waals surface area contributed by atoms with E-state index >= 15 is 0 Å². The molecule has 0 radical (unpaired) electrons. The zero-order valence-electron chi connectivity index (χ0n) is 6.21. The first kappa shape index (κ1) is 13.3. The molecule has 0 fully saturated rings. The van der Waals surface area contributed by atoms with Crippen molar-refractivity contribution in [3.8, 4) is 0 Å². The Bertz CT molecular complexity index is 136. The predicted molar refractivity (Wildman–Crippen MR) is 28.9 cm³/mol. The quantitative estimate of drug-likeness (QED) is 0.333. The van der Waals surface area contributed by atoms with Gasteiger partial charge in [0.25, 0.3) is 0 Å². The van der Waals surface area contributed by atoms with Gasteiger partial charge in [-0.15, -0.1) is 0 Å². The van der Waals surface area contributed by atoms with Gasteiger partial charge in [-0.05, 0) is 13.8 Å². The smallest absolute Gasteiger partial charge is 0.479 e. The number of hydrogen-bond acceptors (Lipinski definition) is 3. The molecule has 0 aromatic rings. The third kappa shape index (κ3) is 3.22. The zero-order valence-corrected chi connectivity index (χ0v) is 9.33. The third-order valence-corrected chi connectivity index (χ3v) is 1.10. The van der Waals surface area contributed by atoms with Crippen molar-refractivity contribution in [3.63, 3.8) is 0 Å². The summed E-state index contributed by atoms with van der Waals surface area (Å²) in [5.41, 5.74) is -2.22. The van der Waals surface area contributed by atoms with Crippen LogP contribution in [0.4, 0.5) is 0 Å². The van der Waals surface area contributed by atoms with Crippen molar-refractivity contribution >= 4 is 11.8 Å². The third-order valence-electron chi connectivity index (χ3n) is 1.10. The van der Waals surface area contributed by atoms with Crippen LogP contribution in [0.15, 0.2) is 0 Å². The molecule has 2 N–H and O–H groups in total. The van der Waals surface area contributed by atoms with Gasteiger partial charge >= 0.3 is 57.4 Å². The standard InChI is InChI=1S/C5H8O4.K/c1-3(6)5(2,9)4(7)8;/h9H,1-2H3,(H,7,8);/q;+1. The number of carboxylic acids is 1. The summed E-state index contributed by atoms with van der Waals surface area (Å²) in [5.74, 6) is -2.29. The van der Waals surface area contributed by atoms with Crippen LogP contribution >= 0.6 is 0 Å². The van der Waals surface area contributed by atoms with E-state index in [1.54, 1.807) is 0 Å². The normalized spacial score (nSPS) is 14.7. The summed E-state index contributed by atoms with van der Waals surface area (Å²) in [6.07, 6.45) is 0. The summed E-state index contributed by atoms with van der Waals surface area (Å²) in [6.45, 7) is 1.96. The summed E-state index contributed by atoms with van der Waals surface area (Å²) in [5, 5.41) is 16.9. The summed E-state index contributed by atoms with van der Waals surface area (Å²) < 4.78 is 0. The van der Waals surface area contributed by atoms with Gasteiger partial charge in [0.2, 0.25) is 5.60 Å². The molecule has 0 aliphatic rings. The Kier molecular flexibility index (Phi) is 6.11. The van der Waals surface area contributed by atoms with Crippen LogP contribution in [0.5, 0.6) is 0 Å². The number of ketones is 1. The predicted octanol–water partition coefficient (Wildman–Crippen LogP) is -3.58. The van der Waals surface area contributed by atoms with Crippen molar-refractivity contribution in [2.75, 3.05) is 0 Å². The number of carbonyl (C=O) groups is 2. The summed E-state index contributed by atoms with van der Waals surface area (Å²) in [6, 6.07) is 0. The van der Waals surface area contributed by atoms with Gasteiger partial charge in [0, 0.05) is 0 Å². The number of aliphatic hydroxyl groups is 1. The molecule has 0 amide bonds. The van der Waals surface area contributed by atoms with Crippen molar-refractivity contribution in [1.29, 1.82) is 0 Å². The molecule has 1 atom stereocenters. The molecule has 0 aliphatic heterocycles. The van der Waals surface area contributed by atoms with Gasteiger partial charge in [-0.25, -0.2) is 4.79 Å². The SMILES string of the molecule is CC(=O)C(C)(O)C(=O)O.[K+]. The zero-order chi connectivity index (χ0) is 7.65. The van der Waals surface area contributed by atoms with E-state index in [1.807, 2.05) is 0 Å². The second-order valence-electron chi connectivity index (χ2n) is 1.93. The number of aliphatic carboxylic acids is 1. The molecule has 0 saturated carbocycles. The Balaban J connectivity index is 0. The number of rotatable bonds is 2. The Labute approximate surface area is 101 Å². The van der Waals surface area contributed by atoms with Gasteiger partial charge in [0.15, 0.2) is 5.78 Å². The minimum Gasteiger partial charge on any atom is -0.479 e. The van der Waals surface area contributed by atoms with Crippen molar-refractivity contribution in [2.24, 2.45) is 0 Å². The van der Waals surface area contributed by atoms with Crippen molar-refractivity contribution in [3.05, 3.63) is 0 Å². The van der Waals surface area contributed by atoms with Crippen LogP contribution in [-0.4, -0.2) is 27.6 Å². The van der Waals surface area contributed by atoms with Gasteiger partial charge in [-0.3, -0.25) is 4.79 Å². The van der Waals surface area contributed by atoms with E-state index < -0.39 is 17.4 Å². The van der Waals surface area contributed by atoms with Crippen LogP contribution in [-0.2, 0) is 9.59 Å². The molecule has 0 spiro atoms. The maximum Gasteiger partial charge on any atom is 1.00 e. The number of Topliss-reactive ketones (excluding diaryl/α,β-unsaturated/α-hetero) is 1. The molecule has 52 valence electrons. The van der Waals surface area contributed by atoms with E-state index in [2.05, 4.69) is 0 Å². The van der Waals surface area contributed by atoms with E-state index in [9.17, 15) is 9.59 Å². The van der Waals surface area contributed by atoms with E-state index in [0.717, 1.165) is 13.8 Å². The first-order valence-electron chi connectivity index (χ1n) is 2.36. The van der Waals surface area contributed by atoms with Crippen LogP contribution in [0.25, 0.3) is 0 Å². The minimum absolute atomic E-state index is 0. The summed E-state index contributed by atoms with van der Waals surface area (Å²) in [7, 11) is 0. The molecule has 0 aromatic heterocycles. The molecule has 10 heavy (non-hydrogen) atoms. The molecule has 0 saturated heterocycles. The fraction of sp³-hybridized carbons (Fsp3) is 0.600. The maximum absolute atomic E-state index is 10.3. The van der Waals surface area contributed by atoms with Crippen molar-refractivity contribution in [2.45, 2.75) is 19.4 Å². The Hall–Kier alpha value is 0.736. The molecular weight excluding hydrogens is 163 g/mol. The average Bonchev–Trinajstić information content (AvgIpc) is 1.65. The molecular formula is C5H8KO4+. The molecule has 0 rings (SSSR count). The van der Waals surface area contributed by atoms with Gasteiger partial charge in [0.05, 0.1) is 0 Å². The monoisotopic (exact) mass is 171 g/mol. The first-order valence-corrected chi connectivity index (χ1v) is 2.36. The number of carboxylic acid groups (broad SMARTS) is 1. The average molecular weight is 171 g/mol. The second-order valence-corrected chi connectivity index (χ2v) is 1.93. The molecule has 0 bridgehead atoms. The van der Waals surface area contributed by atoms with Gasteiger partial charge < -0.3 is 10.2 Å². The first-order chi connectivity index (χ1) is 3.89. The molecule has 5 heteroatoms. The van der Waals surface area contributed by atoms with Gasteiger partial charge in [-0.2, -0.15) is 0 Å². The number of hydrogen-bond donors (Lipinski definition) is 2. The Morgan fingerprint density at radius 2 is 1.70 bits per heavy atom. The fourth-order valence-corrected chi connectivity index (χ4v) is 0.151. The van der Waals surface area contributed by atoms with E-state index in [4.69, 9.17) is 10.2 Å². The van der Waals surface area contributed by atoms with Crippen LogP contribution in [0, 0.1) is 0 Å². The molecule has 1 unspecified atom stereocenters. The van der Waals surface area contributed by atoms with E-state index in [0.29, 0.717) is 0 Å². The minimum atomic E-state index is -2.22. The topological polar surface area (TPSA) is 74.6 Å². The van der Waals surface area contributed by atoms with E-state index in [-0.39, 0.29) is 51.4 Å². The van der Waals surface area contributed by atoms with Crippen molar-refractivity contribution < 1.29 is 71.2 Å². The van der Waals surface area contributed by atoms with Crippen LogP contribution in [0.1, 0.15) is 13.8 Å². The van der Waals surface area contributed by atoms with Crippen LogP contribution < -0.4 is 51.4 Å². The second kappa shape index (κ2) is 4.58. The van der Waals surface area contributed by atoms with E-state index in [1.165, 1.54) is 0 Å². The van der Waals surface area contributed by atoms with Gasteiger partial charge in [-0.1, -0.05) is 0 Å². The summed E-state index contributed by atoms with van der Waals surface area (Å²) >= 11 is 0. The van der Waals surface area contributed by atoms with Gasteiger partial charge in [0.1, 0.15) is 0 Å². The van der Waals surface area contributed by atoms with Crippen molar-refractivity contribution in [1.82, 2.24) is 0 Å². The molecule has 4 nitrogen and oxygen atoms in total. The molecule has 0 heterocycles. The number of carbonyl (C=O) groups excluding carboxylic acids is 1. The Morgan fingerprint density at radius 1 is 1.40 bits per heavy atom. The van der Waals surface area contributed by atoms with Crippen LogP contribution in [0.3, 0.4) is 0 Å². The summed E-state index contributed by atoms with van der Waals surface area (Å²) in [4.78, 5) is 20.3. The fourth-order valence-electron chi connectivity index (χ4n) is 0.151. The maximum atomic E-state index is 10.3. The Morgan fingerprint density at radius 3 is 1.70 bits per heavy atom. The molecule has 0 aromatic carbocycles. The largest absolute Gasteiger partial charge is 1.00 e.